The maximum atomic E-state index is 10.5. The second-order valence-corrected chi connectivity index (χ2v) is 6.15. The van der Waals surface area contributed by atoms with E-state index >= 15 is 0 Å². The third-order valence-electron chi connectivity index (χ3n) is 2.86. The lowest BCUT2D eigenvalue weighted by atomic mass is 9.96. The molecule has 0 saturated heterocycles. The largest absolute Gasteiger partial charge is 0.384 e. The number of rotatable bonds is 5. The van der Waals surface area contributed by atoms with Gasteiger partial charge in [0.15, 0.2) is 0 Å². The summed E-state index contributed by atoms with van der Waals surface area (Å²) in [6.07, 6.45) is 0. The van der Waals surface area contributed by atoms with Crippen LogP contribution in [0.15, 0.2) is 29.6 Å². The average Bonchev–Trinajstić information content (AvgIpc) is 2.75. The minimum atomic E-state index is -0.947. The maximum absolute atomic E-state index is 10.5. The fourth-order valence-electron chi connectivity index (χ4n) is 1.82. The van der Waals surface area contributed by atoms with E-state index in [9.17, 15) is 5.11 Å². The molecule has 0 amide bonds. The van der Waals surface area contributed by atoms with Gasteiger partial charge in [0.2, 0.25) is 0 Å². The molecule has 1 aromatic heterocycles. The van der Waals surface area contributed by atoms with E-state index in [1.54, 1.807) is 30.4 Å². The third kappa shape index (κ3) is 4.01. The number of aromatic nitrogens is 1. The summed E-state index contributed by atoms with van der Waals surface area (Å²) in [5.41, 5.74) is 0.892. The Morgan fingerprint density at radius 1 is 1.47 bits per heavy atom. The van der Waals surface area contributed by atoms with Crippen LogP contribution in [0, 0.1) is 6.92 Å². The fraction of sp³-hybridized carbons (Fsp3) is 0.357. The lowest BCUT2D eigenvalue weighted by Gasteiger charge is -2.24. The zero-order chi connectivity index (χ0) is 13.9. The molecule has 2 aromatic rings. The molecule has 102 valence electrons. The van der Waals surface area contributed by atoms with Crippen LogP contribution in [0.3, 0.4) is 0 Å². The van der Waals surface area contributed by atoms with Crippen molar-refractivity contribution in [1.29, 1.82) is 0 Å². The van der Waals surface area contributed by atoms with Gasteiger partial charge in [0, 0.05) is 29.2 Å². The van der Waals surface area contributed by atoms with Crippen molar-refractivity contribution in [1.82, 2.24) is 10.3 Å². The molecule has 19 heavy (non-hydrogen) atoms. The second kappa shape index (κ2) is 6.01. The van der Waals surface area contributed by atoms with E-state index < -0.39 is 5.60 Å². The molecule has 0 aliphatic rings. The number of thiazole rings is 1. The molecule has 0 fully saturated rings. The summed E-state index contributed by atoms with van der Waals surface area (Å²) in [6.45, 7) is 4.86. The lowest BCUT2D eigenvalue weighted by molar-refractivity contribution is 0.0567. The van der Waals surface area contributed by atoms with Gasteiger partial charge >= 0.3 is 0 Å². The molecule has 0 saturated carbocycles. The summed E-state index contributed by atoms with van der Waals surface area (Å²) >= 11 is 7.57. The Labute approximate surface area is 122 Å². The predicted octanol–water partition coefficient (Wildman–Crippen LogP) is 3.10. The molecule has 1 heterocycles. The molecule has 0 bridgehead atoms. The summed E-state index contributed by atoms with van der Waals surface area (Å²) in [5, 5.41) is 17.4. The molecule has 0 aliphatic heterocycles. The zero-order valence-electron chi connectivity index (χ0n) is 11.0. The minimum absolute atomic E-state index is 0.450. The number of hydrogen-bond donors (Lipinski definition) is 2. The van der Waals surface area contributed by atoms with E-state index in [-0.39, 0.29) is 0 Å². The van der Waals surface area contributed by atoms with Crippen LogP contribution in [0.5, 0.6) is 0 Å². The number of benzene rings is 1. The van der Waals surface area contributed by atoms with Crippen LogP contribution < -0.4 is 5.32 Å². The van der Waals surface area contributed by atoms with Crippen LogP contribution >= 0.6 is 22.9 Å². The van der Waals surface area contributed by atoms with Crippen molar-refractivity contribution in [2.45, 2.75) is 26.0 Å². The highest BCUT2D eigenvalue weighted by Crippen LogP contribution is 2.22. The number of halogens is 1. The van der Waals surface area contributed by atoms with Crippen LogP contribution in [0.1, 0.15) is 23.2 Å². The molecule has 1 atom stereocenters. The molecule has 2 N–H and O–H groups in total. The van der Waals surface area contributed by atoms with Crippen molar-refractivity contribution < 1.29 is 5.11 Å². The molecule has 0 spiro atoms. The highest BCUT2D eigenvalue weighted by Gasteiger charge is 2.22. The van der Waals surface area contributed by atoms with Crippen molar-refractivity contribution in [2.24, 2.45) is 0 Å². The van der Waals surface area contributed by atoms with Gasteiger partial charge in [0.1, 0.15) is 5.01 Å². The fourth-order valence-corrected chi connectivity index (χ4v) is 2.75. The molecule has 0 aliphatic carbocycles. The first kappa shape index (κ1) is 14.5. The van der Waals surface area contributed by atoms with Crippen LogP contribution in [0.25, 0.3) is 0 Å². The van der Waals surface area contributed by atoms with E-state index in [0.717, 1.165) is 16.3 Å². The standard InChI is InChI=1S/C14H17ClN2OS/c1-10-8-19-13(17-10)7-16-9-14(2,18)11-4-3-5-12(15)6-11/h3-6,8,16,18H,7,9H2,1-2H3. The summed E-state index contributed by atoms with van der Waals surface area (Å²) in [6, 6.07) is 7.31. The summed E-state index contributed by atoms with van der Waals surface area (Å²) in [7, 11) is 0. The highest BCUT2D eigenvalue weighted by atomic mass is 35.5. The number of hydrogen-bond acceptors (Lipinski definition) is 4. The molecule has 0 radical (unpaired) electrons. The van der Waals surface area contributed by atoms with Crippen LogP contribution in [0.4, 0.5) is 0 Å². The van der Waals surface area contributed by atoms with Crippen molar-refractivity contribution in [3.63, 3.8) is 0 Å². The SMILES string of the molecule is Cc1csc(CNCC(C)(O)c2cccc(Cl)c2)n1. The van der Waals surface area contributed by atoms with Gasteiger partial charge in [-0.25, -0.2) is 4.98 Å². The highest BCUT2D eigenvalue weighted by molar-refractivity contribution is 7.09. The van der Waals surface area contributed by atoms with Gasteiger partial charge in [-0.3, -0.25) is 0 Å². The van der Waals surface area contributed by atoms with Gasteiger partial charge in [-0.2, -0.15) is 0 Å². The summed E-state index contributed by atoms with van der Waals surface area (Å²) < 4.78 is 0. The van der Waals surface area contributed by atoms with Crippen molar-refractivity contribution >= 4 is 22.9 Å². The van der Waals surface area contributed by atoms with Gasteiger partial charge in [0.05, 0.1) is 5.60 Å². The van der Waals surface area contributed by atoms with Gasteiger partial charge < -0.3 is 10.4 Å². The molecule has 1 unspecified atom stereocenters. The van der Waals surface area contributed by atoms with Crippen molar-refractivity contribution in [2.75, 3.05) is 6.54 Å². The monoisotopic (exact) mass is 296 g/mol. The maximum Gasteiger partial charge on any atom is 0.107 e. The Morgan fingerprint density at radius 2 is 2.26 bits per heavy atom. The van der Waals surface area contributed by atoms with Crippen LogP contribution in [-0.2, 0) is 12.1 Å². The average molecular weight is 297 g/mol. The van der Waals surface area contributed by atoms with E-state index in [2.05, 4.69) is 10.3 Å². The molecule has 5 heteroatoms. The van der Waals surface area contributed by atoms with Gasteiger partial charge in [-0.15, -0.1) is 11.3 Å². The van der Waals surface area contributed by atoms with E-state index in [0.29, 0.717) is 18.1 Å². The van der Waals surface area contributed by atoms with Gasteiger partial charge in [0.25, 0.3) is 0 Å². The van der Waals surface area contributed by atoms with E-state index in [1.807, 2.05) is 24.4 Å². The normalized spacial score (nSPS) is 14.3. The molecular weight excluding hydrogens is 280 g/mol. The second-order valence-electron chi connectivity index (χ2n) is 4.77. The number of aliphatic hydroxyl groups is 1. The van der Waals surface area contributed by atoms with E-state index in [1.165, 1.54) is 0 Å². The quantitative estimate of drug-likeness (QED) is 0.891. The lowest BCUT2D eigenvalue weighted by Crippen LogP contribution is -2.35. The zero-order valence-corrected chi connectivity index (χ0v) is 12.6. The Balaban J connectivity index is 1.94. The molecular formula is C14H17ClN2OS. The van der Waals surface area contributed by atoms with Gasteiger partial charge in [-0.1, -0.05) is 23.7 Å². The first-order valence-electron chi connectivity index (χ1n) is 6.07. The third-order valence-corrected chi connectivity index (χ3v) is 4.06. The topological polar surface area (TPSA) is 45.1 Å². The Hall–Kier alpha value is -0.940. The predicted molar refractivity (Wildman–Crippen MR) is 79.6 cm³/mol. The minimum Gasteiger partial charge on any atom is -0.384 e. The van der Waals surface area contributed by atoms with E-state index in [4.69, 9.17) is 11.6 Å². The van der Waals surface area contributed by atoms with Gasteiger partial charge in [-0.05, 0) is 31.5 Å². The molecule has 2 rings (SSSR count). The van der Waals surface area contributed by atoms with Crippen molar-refractivity contribution in [3.8, 4) is 0 Å². The molecule has 3 nitrogen and oxygen atoms in total. The number of aryl methyl sites for hydroxylation is 1. The number of nitrogens with zero attached hydrogens (tertiary/aromatic N) is 1. The summed E-state index contributed by atoms with van der Waals surface area (Å²) in [4.78, 5) is 4.37. The number of nitrogens with one attached hydrogen (secondary N) is 1. The van der Waals surface area contributed by atoms with Crippen molar-refractivity contribution in [3.05, 3.63) is 50.9 Å². The van der Waals surface area contributed by atoms with Crippen LogP contribution in [0.2, 0.25) is 5.02 Å². The first-order valence-corrected chi connectivity index (χ1v) is 7.33. The van der Waals surface area contributed by atoms with Crippen LogP contribution in [-0.4, -0.2) is 16.6 Å². The Kier molecular flexibility index (Phi) is 4.58. The molecule has 1 aromatic carbocycles. The first-order chi connectivity index (χ1) is 8.97. The Morgan fingerprint density at radius 3 is 2.89 bits per heavy atom. The summed E-state index contributed by atoms with van der Waals surface area (Å²) in [5.74, 6) is 0. The smallest absolute Gasteiger partial charge is 0.107 e. The Bertz CT molecular complexity index is 554.